The zero-order valence-corrected chi connectivity index (χ0v) is 12.3. The number of nitrogens with zero attached hydrogens (tertiary/aromatic N) is 2. The third-order valence-electron chi connectivity index (χ3n) is 2.30. The maximum absolute atomic E-state index is 11.5. The number of amides is 1. The van der Waals surface area contributed by atoms with E-state index in [1.54, 1.807) is 0 Å². The number of methoxy groups -OCH3 is 1. The molecule has 0 atom stereocenters. The van der Waals surface area contributed by atoms with Crippen molar-refractivity contribution in [3.8, 4) is 0 Å². The van der Waals surface area contributed by atoms with Crippen molar-refractivity contribution >= 4 is 16.1 Å². The second-order valence-electron chi connectivity index (χ2n) is 4.24. The molecule has 0 radical (unpaired) electrons. The summed E-state index contributed by atoms with van der Waals surface area (Å²) in [6.07, 6.45) is 1.36. The van der Waals surface area contributed by atoms with Gasteiger partial charge >= 0.3 is 6.09 Å². The molecule has 0 aromatic rings. The van der Waals surface area contributed by atoms with Crippen molar-refractivity contribution in [3.05, 3.63) is 0 Å². The Bertz CT molecular complexity index is 343. The van der Waals surface area contributed by atoms with Crippen molar-refractivity contribution in [2.24, 2.45) is 0 Å². The highest BCUT2D eigenvalue weighted by molar-refractivity contribution is 7.88. The summed E-state index contributed by atoms with van der Waals surface area (Å²) in [6, 6.07) is 0. The molecule has 0 fully saturated rings. The molecule has 7 nitrogen and oxygen atoms in total. The molecule has 0 aliphatic heterocycles. The molecule has 8 heteroatoms. The molecule has 0 saturated heterocycles. The fourth-order valence-corrected chi connectivity index (χ4v) is 2.25. The molecule has 0 aromatic carbocycles. The van der Waals surface area contributed by atoms with E-state index >= 15 is 0 Å². The molecule has 0 saturated carbocycles. The van der Waals surface area contributed by atoms with Crippen LogP contribution >= 0.6 is 0 Å². The van der Waals surface area contributed by atoms with Gasteiger partial charge < -0.3 is 15.0 Å². The Hall–Kier alpha value is -0.860. The van der Waals surface area contributed by atoms with Gasteiger partial charge in [0.15, 0.2) is 0 Å². The number of rotatable bonds is 8. The molecule has 108 valence electrons. The zero-order valence-electron chi connectivity index (χ0n) is 11.5. The van der Waals surface area contributed by atoms with Crippen LogP contribution in [0.3, 0.4) is 0 Å². The number of hydrogen-bond donors (Lipinski definition) is 1. The van der Waals surface area contributed by atoms with E-state index in [-0.39, 0.29) is 13.1 Å². The van der Waals surface area contributed by atoms with Crippen molar-refractivity contribution in [1.29, 1.82) is 0 Å². The second-order valence-corrected chi connectivity index (χ2v) is 6.22. The standard InChI is InChI=1S/C10H23N3O4S/c1-12(2)7-5-8-13(18(4,15)16)9-6-11-10(14)17-3/h5-9H2,1-4H3,(H,11,14). The van der Waals surface area contributed by atoms with Crippen molar-refractivity contribution in [2.75, 3.05) is 53.6 Å². The van der Waals surface area contributed by atoms with Crippen LogP contribution in [-0.4, -0.2) is 77.4 Å². The average Bonchev–Trinajstić information content (AvgIpc) is 2.24. The summed E-state index contributed by atoms with van der Waals surface area (Å²) in [5.74, 6) is 0. The number of hydrogen-bond acceptors (Lipinski definition) is 5. The van der Waals surface area contributed by atoms with Gasteiger partial charge in [-0.15, -0.1) is 0 Å². The van der Waals surface area contributed by atoms with Crippen LogP contribution in [0.15, 0.2) is 0 Å². The molecule has 1 amide bonds. The number of nitrogens with one attached hydrogen (secondary N) is 1. The van der Waals surface area contributed by atoms with E-state index in [0.717, 1.165) is 13.0 Å². The number of ether oxygens (including phenoxy) is 1. The summed E-state index contributed by atoms with van der Waals surface area (Å²) in [5.41, 5.74) is 0. The maximum Gasteiger partial charge on any atom is 0.406 e. The largest absolute Gasteiger partial charge is 0.453 e. The monoisotopic (exact) mass is 281 g/mol. The van der Waals surface area contributed by atoms with Crippen LogP contribution in [0.4, 0.5) is 4.79 Å². The Morgan fingerprint density at radius 2 is 1.83 bits per heavy atom. The van der Waals surface area contributed by atoms with Gasteiger partial charge in [-0.25, -0.2) is 17.5 Å². The lowest BCUT2D eigenvalue weighted by atomic mass is 10.4. The topological polar surface area (TPSA) is 79.0 Å². The Labute approximate surface area is 109 Å². The number of alkyl carbamates (subject to hydrolysis) is 1. The molecule has 0 unspecified atom stereocenters. The highest BCUT2D eigenvalue weighted by Crippen LogP contribution is 1.99. The third kappa shape index (κ3) is 8.26. The highest BCUT2D eigenvalue weighted by atomic mass is 32.2. The van der Waals surface area contributed by atoms with Gasteiger partial charge in [-0.05, 0) is 27.1 Å². The Kier molecular flexibility index (Phi) is 7.88. The normalized spacial score (nSPS) is 11.9. The van der Waals surface area contributed by atoms with Crippen molar-refractivity contribution in [2.45, 2.75) is 6.42 Å². The first-order chi connectivity index (χ1) is 8.27. The lowest BCUT2D eigenvalue weighted by Crippen LogP contribution is -2.39. The molecule has 18 heavy (non-hydrogen) atoms. The van der Waals surface area contributed by atoms with Crippen LogP contribution in [0, 0.1) is 0 Å². The molecular weight excluding hydrogens is 258 g/mol. The van der Waals surface area contributed by atoms with Crippen LogP contribution in [0.5, 0.6) is 0 Å². The highest BCUT2D eigenvalue weighted by Gasteiger charge is 2.16. The lowest BCUT2D eigenvalue weighted by Gasteiger charge is -2.20. The van der Waals surface area contributed by atoms with E-state index < -0.39 is 16.1 Å². The van der Waals surface area contributed by atoms with Gasteiger partial charge in [-0.3, -0.25) is 0 Å². The first kappa shape index (κ1) is 17.1. The van der Waals surface area contributed by atoms with E-state index in [1.165, 1.54) is 17.7 Å². The molecule has 0 heterocycles. The Morgan fingerprint density at radius 1 is 1.22 bits per heavy atom. The van der Waals surface area contributed by atoms with Gasteiger partial charge in [0.05, 0.1) is 13.4 Å². The van der Waals surface area contributed by atoms with Gasteiger partial charge in [0.1, 0.15) is 0 Å². The SMILES string of the molecule is COC(=O)NCCN(CCCN(C)C)S(C)(=O)=O. The van der Waals surface area contributed by atoms with E-state index in [1.807, 2.05) is 19.0 Å². The van der Waals surface area contributed by atoms with Crippen LogP contribution in [-0.2, 0) is 14.8 Å². The van der Waals surface area contributed by atoms with Gasteiger partial charge in [-0.1, -0.05) is 0 Å². The first-order valence-corrected chi connectivity index (χ1v) is 7.54. The smallest absolute Gasteiger partial charge is 0.406 e. The third-order valence-corrected chi connectivity index (χ3v) is 3.60. The minimum absolute atomic E-state index is 0.238. The average molecular weight is 281 g/mol. The van der Waals surface area contributed by atoms with Gasteiger partial charge in [0.25, 0.3) is 0 Å². The summed E-state index contributed by atoms with van der Waals surface area (Å²) in [6.45, 7) is 1.75. The van der Waals surface area contributed by atoms with Crippen LogP contribution in [0.2, 0.25) is 0 Å². The molecular formula is C10H23N3O4S. The maximum atomic E-state index is 11.5. The van der Waals surface area contributed by atoms with E-state index in [4.69, 9.17) is 0 Å². The number of carbonyl (C=O) groups is 1. The van der Waals surface area contributed by atoms with Crippen molar-refractivity contribution in [1.82, 2.24) is 14.5 Å². The van der Waals surface area contributed by atoms with Crippen molar-refractivity contribution < 1.29 is 17.9 Å². The van der Waals surface area contributed by atoms with E-state index in [2.05, 4.69) is 10.1 Å². The molecule has 0 rings (SSSR count). The van der Waals surface area contributed by atoms with Crippen LogP contribution < -0.4 is 5.32 Å². The summed E-state index contributed by atoms with van der Waals surface area (Å²) < 4.78 is 28.8. The Balaban J connectivity index is 4.13. The zero-order chi connectivity index (χ0) is 14.2. The van der Waals surface area contributed by atoms with Gasteiger partial charge in [0.2, 0.25) is 10.0 Å². The molecule has 0 aromatic heterocycles. The minimum atomic E-state index is -3.24. The van der Waals surface area contributed by atoms with E-state index in [9.17, 15) is 13.2 Å². The molecule has 0 aliphatic carbocycles. The van der Waals surface area contributed by atoms with Crippen LogP contribution in [0.25, 0.3) is 0 Å². The summed E-state index contributed by atoms with van der Waals surface area (Å²) >= 11 is 0. The minimum Gasteiger partial charge on any atom is -0.453 e. The molecule has 0 spiro atoms. The number of sulfonamides is 1. The molecule has 0 bridgehead atoms. The fraction of sp³-hybridized carbons (Fsp3) is 0.900. The molecule has 1 N–H and O–H groups in total. The predicted octanol–water partition coefficient (Wildman–Crippen LogP) is -0.444. The lowest BCUT2D eigenvalue weighted by molar-refractivity contribution is 0.170. The summed E-state index contributed by atoms with van der Waals surface area (Å²) in [7, 11) is 1.89. The van der Waals surface area contributed by atoms with Gasteiger partial charge in [0, 0.05) is 19.6 Å². The van der Waals surface area contributed by atoms with E-state index in [0.29, 0.717) is 6.54 Å². The van der Waals surface area contributed by atoms with Crippen LogP contribution in [0.1, 0.15) is 6.42 Å². The number of carbonyl (C=O) groups excluding carboxylic acids is 1. The second kappa shape index (κ2) is 8.28. The Morgan fingerprint density at radius 3 is 2.28 bits per heavy atom. The predicted molar refractivity (Wildman–Crippen MR) is 70.0 cm³/mol. The van der Waals surface area contributed by atoms with Crippen molar-refractivity contribution in [3.63, 3.8) is 0 Å². The summed E-state index contributed by atoms with van der Waals surface area (Å²) in [4.78, 5) is 12.8. The fourth-order valence-electron chi connectivity index (χ4n) is 1.36. The first-order valence-electron chi connectivity index (χ1n) is 5.69. The summed E-state index contributed by atoms with van der Waals surface area (Å²) in [5, 5.41) is 2.46. The van der Waals surface area contributed by atoms with Gasteiger partial charge in [-0.2, -0.15) is 0 Å². The molecule has 0 aliphatic rings. The quantitative estimate of drug-likeness (QED) is 0.652.